The van der Waals surface area contributed by atoms with E-state index in [4.69, 9.17) is 21.7 Å². The summed E-state index contributed by atoms with van der Waals surface area (Å²) in [5, 5.41) is 14.2. The van der Waals surface area contributed by atoms with Gasteiger partial charge in [0.15, 0.2) is 5.11 Å². The summed E-state index contributed by atoms with van der Waals surface area (Å²) in [5.41, 5.74) is 3.86. The molecule has 9 heteroatoms. The van der Waals surface area contributed by atoms with Crippen molar-refractivity contribution < 1.29 is 14.3 Å². The van der Waals surface area contributed by atoms with Gasteiger partial charge in [0, 0.05) is 16.8 Å². The molecule has 1 aromatic heterocycles. The van der Waals surface area contributed by atoms with Crippen LogP contribution in [0.5, 0.6) is 11.5 Å². The first-order valence-corrected chi connectivity index (χ1v) is 11.0. The third kappa shape index (κ3) is 5.38. The van der Waals surface area contributed by atoms with E-state index in [1.165, 1.54) is 0 Å². The van der Waals surface area contributed by atoms with Crippen LogP contribution in [0.4, 0.5) is 5.69 Å². The normalized spacial score (nSPS) is 10.4. The fraction of sp³-hybridized carbons (Fsp3) is 0.120. The number of ether oxygens (including phenoxy) is 2. The van der Waals surface area contributed by atoms with Gasteiger partial charge >= 0.3 is 0 Å². The van der Waals surface area contributed by atoms with Crippen LogP contribution < -0.4 is 20.1 Å². The fourth-order valence-corrected chi connectivity index (χ4v) is 3.49. The summed E-state index contributed by atoms with van der Waals surface area (Å²) in [7, 11) is 1.63. The lowest BCUT2D eigenvalue weighted by atomic mass is 10.1. The molecule has 8 nitrogen and oxygen atoms in total. The third-order valence-electron chi connectivity index (χ3n) is 4.96. The summed E-state index contributed by atoms with van der Waals surface area (Å²) < 4.78 is 12.4. The van der Waals surface area contributed by atoms with Gasteiger partial charge in [-0.25, -0.2) is 4.68 Å². The van der Waals surface area contributed by atoms with Crippen molar-refractivity contribution in [2.24, 2.45) is 0 Å². The molecule has 0 atom stereocenters. The number of anilines is 1. The SMILES string of the molecule is CCOc1ccc(C(=O)NC(=S)Nc2ccc(-n3nncc3-c3ccc(OC)cc3)cc2)cc1. The highest BCUT2D eigenvalue weighted by molar-refractivity contribution is 7.80. The van der Waals surface area contributed by atoms with Crippen molar-refractivity contribution in [1.82, 2.24) is 20.3 Å². The molecule has 0 saturated carbocycles. The summed E-state index contributed by atoms with van der Waals surface area (Å²) in [6.07, 6.45) is 1.71. The van der Waals surface area contributed by atoms with Gasteiger partial charge in [0.1, 0.15) is 11.5 Å². The van der Waals surface area contributed by atoms with Gasteiger partial charge in [-0.2, -0.15) is 0 Å². The maximum atomic E-state index is 12.4. The van der Waals surface area contributed by atoms with Crippen LogP contribution in [0.1, 0.15) is 17.3 Å². The molecule has 4 rings (SSSR count). The number of nitrogens with zero attached hydrogens (tertiary/aromatic N) is 3. The van der Waals surface area contributed by atoms with Crippen LogP contribution in [0, 0.1) is 0 Å². The van der Waals surface area contributed by atoms with Gasteiger partial charge in [0.2, 0.25) is 0 Å². The minimum atomic E-state index is -0.302. The average Bonchev–Trinajstić information content (AvgIpc) is 3.35. The lowest BCUT2D eigenvalue weighted by Gasteiger charge is -2.11. The number of thiocarbonyl (C=S) groups is 1. The van der Waals surface area contributed by atoms with E-state index in [0.29, 0.717) is 17.9 Å². The number of nitrogens with one attached hydrogen (secondary N) is 2. The van der Waals surface area contributed by atoms with Gasteiger partial charge in [-0.3, -0.25) is 10.1 Å². The minimum Gasteiger partial charge on any atom is -0.497 e. The van der Waals surface area contributed by atoms with Crippen molar-refractivity contribution >= 4 is 28.9 Å². The Balaban J connectivity index is 1.40. The van der Waals surface area contributed by atoms with Gasteiger partial charge in [-0.05, 0) is 91.9 Å². The molecule has 0 radical (unpaired) electrons. The van der Waals surface area contributed by atoms with Crippen LogP contribution >= 0.6 is 12.2 Å². The van der Waals surface area contributed by atoms with Crippen LogP contribution in [-0.4, -0.2) is 39.7 Å². The van der Waals surface area contributed by atoms with E-state index < -0.39 is 0 Å². The summed E-state index contributed by atoms with van der Waals surface area (Å²) in [6.45, 7) is 2.47. The Hall–Kier alpha value is -4.24. The van der Waals surface area contributed by atoms with E-state index in [1.54, 1.807) is 42.3 Å². The molecule has 1 amide bonds. The first-order chi connectivity index (χ1) is 16.6. The van der Waals surface area contributed by atoms with Crippen LogP contribution in [0.3, 0.4) is 0 Å². The van der Waals surface area contributed by atoms with Gasteiger partial charge in [-0.1, -0.05) is 5.21 Å². The smallest absolute Gasteiger partial charge is 0.257 e. The highest BCUT2D eigenvalue weighted by Gasteiger charge is 2.11. The Bertz CT molecular complexity index is 1270. The van der Waals surface area contributed by atoms with Crippen LogP contribution in [0.2, 0.25) is 0 Å². The largest absolute Gasteiger partial charge is 0.497 e. The molecule has 4 aromatic rings. The second-order valence-corrected chi connectivity index (χ2v) is 7.58. The lowest BCUT2D eigenvalue weighted by Crippen LogP contribution is -2.34. The number of carbonyl (C=O) groups excluding carboxylic acids is 1. The molecule has 0 saturated heterocycles. The van der Waals surface area contributed by atoms with Crippen molar-refractivity contribution in [1.29, 1.82) is 0 Å². The van der Waals surface area contributed by atoms with Crippen LogP contribution in [0.15, 0.2) is 79.0 Å². The number of methoxy groups -OCH3 is 1. The van der Waals surface area contributed by atoms with E-state index in [2.05, 4.69) is 20.9 Å². The molecule has 0 spiro atoms. The van der Waals surface area contributed by atoms with Gasteiger partial charge in [-0.15, -0.1) is 5.10 Å². The fourth-order valence-electron chi connectivity index (χ4n) is 3.28. The number of rotatable bonds is 7. The van der Waals surface area contributed by atoms with Crippen molar-refractivity contribution in [3.8, 4) is 28.4 Å². The van der Waals surface area contributed by atoms with Crippen molar-refractivity contribution in [3.05, 3.63) is 84.6 Å². The molecule has 172 valence electrons. The molecule has 34 heavy (non-hydrogen) atoms. The molecule has 0 fully saturated rings. The van der Waals surface area contributed by atoms with Crippen molar-refractivity contribution in [2.75, 3.05) is 19.0 Å². The highest BCUT2D eigenvalue weighted by atomic mass is 32.1. The summed E-state index contributed by atoms with van der Waals surface area (Å²) in [6, 6.07) is 22.0. The molecular weight excluding hydrogens is 450 g/mol. The second-order valence-electron chi connectivity index (χ2n) is 7.17. The zero-order valence-electron chi connectivity index (χ0n) is 18.7. The van der Waals surface area contributed by atoms with Gasteiger partial charge in [0.25, 0.3) is 5.91 Å². The molecule has 0 aliphatic rings. The highest BCUT2D eigenvalue weighted by Crippen LogP contribution is 2.24. The number of hydrogen-bond donors (Lipinski definition) is 2. The number of hydrogen-bond acceptors (Lipinski definition) is 6. The van der Waals surface area contributed by atoms with E-state index in [1.807, 2.05) is 55.5 Å². The number of carbonyl (C=O) groups is 1. The molecular formula is C25H23N5O3S. The first kappa shape index (κ1) is 22.9. The predicted octanol–water partition coefficient (Wildman–Crippen LogP) is 4.47. The summed E-state index contributed by atoms with van der Waals surface area (Å²) >= 11 is 5.29. The monoisotopic (exact) mass is 473 g/mol. The lowest BCUT2D eigenvalue weighted by molar-refractivity contribution is 0.0977. The van der Waals surface area contributed by atoms with E-state index >= 15 is 0 Å². The molecule has 1 heterocycles. The van der Waals surface area contributed by atoms with E-state index in [0.717, 1.165) is 28.4 Å². The maximum absolute atomic E-state index is 12.4. The Kier molecular flexibility index (Phi) is 7.14. The molecule has 0 bridgehead atoms. The molecule has 2 N–H and O–H groups in total. The zero-order valence-corrected chi connectivity index (χ0v) is 19.5. The first-order valence-electron chi connectivity index (χ1n) is 10.6. The zero-order chi connectivity index (χ0) is 23.9. The second kappa shape index (κ2) is 10.6. The minimum absolute atomic E-state index is 0.200. The number of benzene rings is 3. The molecule has 0 aliphatic heterocycles. The Labute approximate surface area is 202 Å². The topological polar surface area (TPSA) is 90.3 Å². The summed E-state index contributed by atoms with van der Waals surface area (Å²) in [4.78, 5) is 12.4. The molecule has 0 unspecified atom stereocenters. The van der Waals surface area contributed by atoms with Crippen LogP contribution in [-0.2, 0) is 0 Å². The Morgan fingerprint density at radius 3 is 2.29 bits per heavy atom. The van der Waals surface area contributed by atoms with Crippen LogP contribution in [0.25, 0.3) is 16.9 Å². The third-order valence-corrected chi connectivity index (χ3v) is 5.16. The predicted molar refractivity (Wildman–Crippen MR) is 135 cm³/mol. The maximum Gasteiger partial charge on any atom is 0.257 e. The molecule has 3 aromatic carbocycles. The standard InChI is InChI=1S/C25H23N5O3S/c1-3-33-22-14-6-18(7-15-22)24(31)28-25(34)27-19-8-10-20(11-9-19)30-23(16-26-29-30)17-4-12-21(32-2)13-5-17/h4-16H,3H2,1-2H3,(H2,27,28,31,34). The number of aromatic nitrogens is 3. The number of amides is 1. The Morgan fingerprint density at radius 1 is 0.971 bits per heavy atom. The van der Waals surface area contributed by atoms with Crippen molar-refractivity contribution in [2.45, 2.75) is 6.92 Å². The van der Waals surface area contributed by atoms with Gasteiger partial charge < -0.3 is 14.8 Å². The molecule has 0 aliphatic carbocycles. The quantitative estimate of drug-likeness (QED) is 0.383. The van der Waals surface area contributed by atoms with E-state index in [9.17, 15) is 4.79 Å². The van der Waals surface area contributed by atoms with Gasteiger partial charge in [0.05, 0.1) is 31.3 Å². The summed E-state index contributed by atoms with van der Waals surface area (Å²) in [5.74, 6) is 1.19. The van der Waals surface area contributed by atoms with E-state index in [-0.39, 0.29) is 11.0 Å². The average molecular weight is 474 g/mol. The Morgan fingerprint density at radius 2 is 1.65 bits per heavy atom. The van der Waals surface area contributed by atoms with Crippen molar-refractivity contribution in [3.63, 3.8) is 0 Å².